The lowest BCUT2D eigenvalue weighted by molar-refractivity contribution is -0.119. The van der Waals surface area contributed by atoms with E-state index in [-0.39, 0.29) is 18.2 Å². The van der Waals surface area contributed by atoms with Crippen LogP contribution in [-0.2, 0) is 16.0 Å². The molecule has 1 aliphatic rings. The van der Waals surface area contributed by atoms with E-state index in [1.807, 2.05) is 30.3 Å². The van der Waals surface area contributed by atoms with Crippen LogP contribution in [0, 0.1) is 0 Å². The second kappa shape index (κ2) is 6.84. The van der Waals surface area contributed by atoms with Crippen LogP contribution in [-0.4, -0.2) is 24.0 Å². The molecule has 0 fully saturated rings. The smallest absolute Gasteiger partial charge is 0.227 e. The van der Waals surface area contributed by atoms with Gasteiger partial charge < -0.3 is 15.3 Å². The molecular formula is C19H20N2O3. The average Bonchev–Trinajstić information content (AvgIpc) is 2.59. The highest BCUT2D eigenvalue weighted by molar-refractivity contribution is 5.97. The molecule has 124 valence electrons. The maximum Gasteiger partial charge on any atom is 0.227 e. The van der Waals surface area contributed by atoms with Gasteiger partial charge in [-0.2, -0.15) is 0 Å². The van der Waals surface area contributed by atoms with Gasteiger partial charge in [-0.05, 0) is 35.7 Å². The van der Waals surface area contributed by atoms with E-state index in [4.69, 9.17) is 0 Å². The largest absolute Gasteiger partial charge is 0.388 e. The molecule has 0 saturated heterocycles. The summed E-state index contributed by atoms with van der Waals surface area (Å²) >= 11 is 0. The van der Waals surface area contributed by atoms with Crippen molar-refractivity contribution in [3.63, 3.8) is 0 Å². The summed E-state index contributed by atoms with van der Waals surface area (Å²) in [6.45, 7) is 0. The summed E-state index contributed by atoms with van der Waals surface area (Å²) < 4.78 is 0. The predicted molar refractivity (Wildman–Crippen MR) is 92.8 cm³/mol. The van der Waals surface area contributed by atoms with E-state index in [1.165, 1.54) is 0 Å². The summed E-state index contributed by atoms with van der Waals surface area (Å²) in [5, 5.41) is 12.9. The summed E-state index contributed by atoms with van der Waals surface area (Å²) in [6.07, 6.45) is 0.328. The first-order valence-electron chi connectivity index (χ1n) is 7.97. The van der Waals surface area contributed by atoms with Gasteiger partial charge in [-0.25, -0.2) is 0 Å². The van der Waals surface area contributed by atoms with Crippen molar-refractivity contribution in [2.75, 3.05) is 17.3 Å². The zero-order valence-electron chi connectivity index (χ0n) is 13.5. The van der Waals surface area contributed by atoms with Crippen LogP contribution in [0.3, 0.4) is 0 Å². The van der Waals surface area contributed by atoms with E-state index >= 15 is 0 Å². The molecule has 2 N–H and O–H groups in total. The zero-order valence-corrected chi connectivity index (χ0v) is 13.5. The Bertz CT molecular complexity index is 758. The highest BCUT2D eigenvalue weighted by Crippen LogP contribution is 2.29. The normalized spacial score (nSPS) is 14.9. The number of aryl methyl sites for hydroxylation is 1. The lowest BCUT2D eigenvalue weighted by atomic mass is 10.0. The van der Waals surface area contributed by atoms with Crippen molar-refractivity contribution in [1.29, 1.82) is 0 Å². The number of carbonyl (C=O) groups is 2. The first kappa shape index (κ1) is 16.2. The average molecular weight is 324 g/mol. The highest BCUT2D eigenvalue weighted by atomic mass is 16.3. The molecule has 24 heavy (non-hydrogen) atoms. The van der Waals surface area contributed by atoms with Crippen molar-refractivity contribution in [2.24, 2.45) is 0 Å². The number of anilines is 2. The molecule has 5 heteroatoms. The van der Waals surface area contributed by atoms with Crippen molar-refractivity contribution in [2.45, 2.75) is 25.4 Å². The molecule has 1 aliphatic heterocycles. The van der Waals surface area contributed by atoms with Gasteiger partial charge in [0.05, 0.1) is 12.5 Å². The maximum atomic E-state index is 12.1. The van der Waals surface area contributed by atoms with E-state index < -0.39 is 6.10 Å². The van der Waals surface area contributed by atoms with Gasteiger partial charge in [0.2, 0.25) is 11.8 Å². The zero-order chi connectivity index (χ0) is 17.1. The Hall–Kier alpha value is -2.66. The minimum Gasteiger partial charge on any atom is -0.388 e. The Morgan fingerprint density at radius 3 is 2.71 bits per heavy atom. The van der Waals surface area contributed by atoms with Crippen LogP contribution in [0.4, 0.5) is 11.4 Å². The Morgan fingerprint density at radius 2 is 1.96 bits per heavy atom. The van der Waals surface area contributed by atoms with Gasteiger partial charge in [0, 0.05) is 24.8 Å². The summed E-state index contributed by atoms with van der Waals surface area (Å²) in [6, 6.07) is 14.6. The number of fused-ring (bicyclic) bond motifs is 1. The molecule has 1 unspecified atom stereocenters. The van der Waals surface area contributed by atoms with Crippen LogP contribution in [0.25, 0.3) is 0 Å². The van der Waals surface area contributed by atoms with Crippen molar-refractivity contribution >= 4 is 23.2 Å². The summed E-state index contributed by atoms with van der Waals surface area (Å²) in [5.74, 6) is -0.142. The quantitative estimate of drug-likeness (QED) is 0.908. The fraction of sp³-hybridized carbons (Fsp3) is 0.263. The van der Waals surface area contributed by atoms with Gasteiger partial charge >= 0.3 is 0 Å². The standard InChI is InChI=1S/C19H20N2O3/c1-21-16-9-8-15(11-14(16)7-10-19(21)24)20-18(23)12-17(22)13-5-3-2-4-6-13/h2-6,8-9,11,17,22H,7,10,12H2,1H3,(H,20,23). The summed E-state index contributed by atoms with van der Waals surface area (Å²) in [5.41, 5.74) is 3.33. The number of benzene rings is 2. The molecule has 1 atom stereocenters. The molecule has 0 aromatic heterocycles. The predicted octanol–water partition coefficient (Wildman–Crippen LogP) is 2.66. The molecule has 0 radical (unpaired) electrons. The fourth-order valence-electron chi connectivity index (χ4n) is 2.92. The van der Waals surface area contributed by atoms with E-state index in [9.17, 15) is 14.7 Å². The molecular weight excluding hydrogens is 304 g/mol. The number of amides is 2. The van der Waals surface area contributed by atoms with Crippen molar-refractivity contribution < 1.29 is 14.7 Å². The first-order valence-corrected chi connectivity index (χ1v) is 7.97. The number of aliphatic hydroxyl groups is 1. The van der Waals surface area contributed by atoms with Crippen LogP contribution in [0.5, 0.6) is 0 Å². The second-order valence-electron chi connectivity index (χ2n) is 5.98. The van der Waals surface area contributed by atoms with E-state index in [2.05, 4.69) is 5.32 Å². The molecule has 0 bridgehead atoms. The van der Waals surface area contributed by atoms with Crippen molar-refractivity contribution in [3.05, 3.63) is 59.7 Å². The first-order chi connectivity index (χ1) is 11.5. The lowest BCUT2D eigenvalue weighted by Crippen LogP contribution is -2.31. The molecule has 2 aromatic rings. The van der Waals surface area contributed by atoms with Gasteiger partial charge in [0.1, 0.15) is 0 Å². The van der Waals surface area contributed by atoms with Crippen LogP contribution in [0.2, 0.25) is 0 Å². The van der Waals surface area contributed by atoms with Crippen LogP contribution >= 0.6 is 0 Å². The maximum absolute atomic E-state index is 12.1. The third-order valence-electron chi connectivity index (χ3n) is 4.27. The third-order valence-corrected chi connectivity index (χ3v) is 4.27. The fourth-order valence-corrected chi connectivity index (χ4v) is 2.92. The lowest BCUT2D eigenvalue weighted by Gasteiger charge is -2.26. The molecule has 5 nitrogen and oxygen atoms in total. The van der Waals surface area contributed by atoms with Gasteiger partial charge in [0.25, 0.3) is 0 Å². The highest BCUT2D eigenvalue weighted by Gasteiger charge is 2.21. The molecule has 2 aromatic carbocycles. The Balaban J connectivity index is 1.66. The van der Waals surface area contributed by atoms with E-state index in [0.29, 0.717) is 18.5 Å². The number of hydrogen-bond acceptors (Lipinski definition) is 3. The van der Waals surface area contributed by atoms with Crippen molar-refractivity contribution in [1.82, 2.24) is 0 Å². The minimum atomic E-state index is -0.826. The number of carbonyl (C=O) groups excluding carboxylic acids is 2. The molecule has 1 heterocycles. The number of nitrogens with zero attached hydrogens (tertiary/aromatic N) is 1. The van der Waals surface area contributed by atoms with Crippen LogP contribution in [0.1, 0.15) is 30.1 Å². The van der Waals surface area contributed by atoms with Gasteiger partial charge in [-0.3, -0.25) is 9.59 Å². The van der Waals surface area contributed by atoms with E-state index in [0.717, 1.165) is 16.8 Å². The SMILES string of the molecule is CN1C(=O)CCc2cc(NC(=O)CC(O)c3ccccc3)ccc21. The summed E-state index contributed by atoms with van der Waals surface area (Å²) in [7, 11) is 1.76. The molecule has 0 saturated carbocycles. The minimum absolute atomic E-state index is 0.000509. The van der Waals surface area contributed by atoms with Gasteiger partial charge in [-0.1, -0.05) is 30.3 Å². The third kappa shape index (κ3) is 3.46. The number of nitrogens with one attached hydrogen (secondary N) is 1. The molecule has 2 amide bonds. The second-order valence-corrected chi connectivity index (χ2v) is 5.98. The molecule has 0 spiro atoms. The topological polar surface area (TPSA) is 69.6 Å². The summed E-state index contributed by atoms with van der Waals surface area (Å²) in [4.78, 5) is 25.5. The Labute approximate surface area is 140 Å². The molecule has 3 rings (SSSR count). The van der Waals surface area contributed by atoms with Gasteiger partial charge in [0.15, 0.2) is 0 Å². The van der Waals surface area contributed by atoms with E-state index in [1.54, 1.807) is 30.1 Å². The van der Waals surface area contributed by atoms with Crippen LogP contribution < -0.4 is 10.2 Å². The van der Waals surface area contributed by atoms with Crippen LogP contribution in [0.15, 0.2) is 48.5 Å². The van der Waals surface area contributed by atoms with Gasteiger partial charge in [-0.15, -0.1) is 0 Å². The Kier molecular flexibility index (Phi) is 4.62. The molecule has 0 aliphatic carbocycles. The number of aliphatic hydroxyl groups excluding tert-OH is 1. The number of rotatable bonds is 4. The Morgan fingerprint density at radius 1 is 1.21 bits per heavy atom. The monoisotopic (exact) mass is 324 g/mol. The number of hydrogen-bond donors (Lipinski definition) is 2. The van der Waals surface area contributed by atoms with Crippen molar-refractivity contribution in [3.8, 4) is 0 Å².